The molecule has 0 heterocycles. The van der Waals surface area contributed by atoms with Crippen molar-refractivity contribution in [1.82, 2.24) is 5.32 Å². The number of alkyl halides is 3. The number of halogens is 4. The van der Waals surface area contributed by atoms with E-state index in [9.17, 15) is 22.8 Å². The number of urea groups is 1. The van der Waals surface area contributed by atoms with Crippen LogP contribution >= 0.6 is 22.6 Å². The number of nitrogens with one attached hydrogen (secondary N) is 2. The molecule has 0 unspecified atom stereocenters. The number of anilines is 1. The number of rotatable bonds is 3. The van der Waals surface area contributed by atoms with Crippen molar-refractivity contribution in [3.8, 4) is 0 Å². The van der Waals surface area contributed by atoms with Crippen LogP contribution in [-0.4, -0.2) is 29.8 Å². The molecule has 0 aliphatic rings. The summed E-state index contributed by atoms with van der Waals surface area (Å²) in [7, 11) is 0. The Bertz CT molecular complexity index is 505. The minimum atomic E-state index is -4.53. The van der Waals surface area contributed by atoms with Crippen molar-refractivity contribution in [1.29, 1.82) is 0 Å². The van der Waals surface area contributed by atoms with E-state index in [0.29, 0.717) is 3.57 Å². The fourth-order valence-corrected chi connectivity index (χ4v) is 1.64. The lowest BCUT2D eigenvalue weighted by Crippen LogP contribution is -2.36. The van der Waals surface area contributed by atoms with E-state index in [0.717, 1.165) is 0 Å². The average molecular weight is 388 g/mol. The number of hydrogen-bond donors (Lipinski definition) is 3. The van der Waals surface area contributed by atoms with Crippen LogP contribution in [0.3, 0.4) is 0 Å². The topological polar surface area (TPSA) is 78.4 Å². The summed E-state index contributed by atoms with van der Waals surface area (Å²) in [5.41, 5.74) is -0.276. The molecule has 0 bridgehead atoms. The highest BCUT2D eigenvalue weighted by atomic mass is 127. The summed E-state index contributed by atoms with van der Waals surface area (Å²) >= 11 is 1.88. The average Bonchev–Trinajstić information content (AvgIpc) is 2.28. The molecule has 5 nitrogen and oxygen atoms in total. The van der Waals surface area contributed by atoms with Gasteiger partial charge in [-0.3, -0.25) is 0 Å². The van der Waals surface area contributed by atoms with Crippen LogP contribution in [0.2, 0.25) is 0 Å². The molecular weight excluding hydrogens is 380 g/mol. The Morgan fingerprint density at radius 2 is 1.95 bits per heavy atom. The summed E-state index contributed by atoms with van der Waals surface area (Å²) in [4.78, 5) is 22.1. The van der Waals surface area contributed by atoms with Crippen molar-refractivity contribution < 1.29 is 27.9 Å². The standard InChI is InChI=1S/C10H8F3IN2O3/c11-10(12,13)4-15-9(19)16-7-2-1-5(14)3-6(7)8(17)18/h1-3H,4H2,(H,17,18)(H2,15,16,19). The Morgan fingerprint density at radius 1 is 1.32 bits per heavy atom. The predicted octanol–water partition coefficient (Wildman–Crippen LogP) is 2.67. The third kappa shape index (κ3) is 5.32. The van der Waals surface area contributed by atoms with Crippen molar-refractivity contribution in [2.45, 2.75) is 6.18 Å². The first-order chi connectivity index (χ1) is 8.69. The number of amides is 2. The smallest absolute Gasteiger partial charge is 0.405 e. The largest absolute Gasteiger partial charge is 0.478 e. The van der Waals surface area contributed by atoms with Crippen molar-refractivity contribution in [2.24, 2.45) is 0 Å². The highest BCUT2D eigenvalue weighted by Crippen LogP contribution is 2.19. The van der Waals surface area contributed by atoms with Gasteiger partial charge in [-0.25, -0.2) is 9.59 Å². The van der Waals surface area contributed by atoms with E-state index in [2.05, 4.69) is 5.32 Å². The molecule has 0 atom stereocenters. The molecule has 1 aromatic rings. The van der Waals surface area contributed by atoms with Crippen molar-refractivity contribution in [3.05, 3.63) is 27.3 Å². The lowest BCUT2D eigenvalue weighted by atomic mass is 10.2. The zero-order valence-corrected chi connectivity index (χ0v) is 11.4. The summed E-state index contributed by atoms with van der Waals surface area (Å²) in [6.45, 7) is -1.49. The highest BCUT2D eigenvalue weighted by molar-refractivity contribution is 14.1. The van der Waals surface area contributed by atoms with Crippen LogP contribution < -0.4 is 10.6 Å². The molecule has 19 heavy (non-hydrogen) atoms. The molecule has 1 aromatic carbocycles. The number of carbonyl (C=O) groups excluding carboxylic acids is 1. The van der Waals surface area contributed by atoms with E-state index in [-0.39, 0.29) is 11.3 Å². The number of carboxylic acid groups (broad SMARTS) is 1. The molecule has 0 aliphatic carbocycles. The molecule has 2 amide bonds. The van der Waals surface area contributed by atoms with Gasteiger partial charge in [0.05, 0.1) is 11.3 Å². The van der Waals surface area contributed by atoms with E-state index < -0.39 is 24.7 Å². The Kier molecular flexibility index (Phi) is 4.97. The molecule has 0 aromatic heterocycles. The molecular formula is C10H8F3IN2O3. The van der Waals surface area contributed by atoms with Gasteiger partial charge >= 0.3 is 18.2 Å². The minimum absolute atomic E-state index is 0.0763. The fraction of sp³-hybridized carbons (Fsp3) is 0.200. The number of aromatic carboxylic acids is 1. The van der Waals surface area contributed by atoms with Crippen molar-refractivity contribution in [2.75, 3.05) is 11.9 Å². The zero-order valence-electron chi connectivity index (χ0n) is 9.21. The second-order valence-corrected chi connectivity index (χ2v) is 4.66. The molecule has 0 saturated heterocycles. The van der Waals surface area contributed by atoms with Crippen LogP contribution in [0, 0.1) is 3.57 Å². The lowest BCUT2D eigenvalue weighted by molar-refractivity contribution is -0.122. The van der Waals surface area contributed by atoms with Crippen LogP contribution in [0.25, 0.3) is 0 Å². The summed E-state index contributed by atoms with van der Waals surface area (Å²) in [6.07, 6.45) is -4.53. The Morgan fingerprint density at radius 3 is 2.47 bits per heavy atom. The number of hydrogen-bond acceptors (Lipinski definition) is 2. The zero-order chi connectivity index (χ0) is 14.6. The molecule has 0 spiro atoms. The van der Waals surface area contributed by atoms with Gasteiger partial charge in [0.25, 0.3) is 0 Å². The fourth-order valence-electron chi connectivity index (χ4n) is 1.15. The van der Waals surface area contributed by atoms with Gasteiger partial charge in [-0.05, 0) is 40.8 Å². The molecule has 3 N–H and O–H groups in total. The number of carbonyl (C=O) groups is 2. The number of carboxylic acids is 1. The first-order valence-corrected chi connectivity index (χ1v) is 5.91. The SMILES string of the molecule is O=C(NCC(F)(F)F)Nc1ccc(I)cc1C(=O)O. The summed E-state index contributed by atoms with van der Waals surface area (Å²) in [6, 6.07) is 2.99. The first-order valence-electron chi connectivity index (χ1n) is 4.83. The maximum Gasteiger partial charge on any atom is 0.405 e. The molecule has 0 radical (unpaired) electrons. The molecule has 1 rings (SSSR count). The van der Waals surface area contributed by atoms with Crippen LogP contribution in [-0.2, 0) is 0 Å². The van der Waals surface area contributed by atoms with Gasteiger partial charge < -0.3 is 15.7 Å². The highest BCUT2D eigenvalue weighted by Gasteiger charge is 2.27. The Hall–Kier alpha value is -1.52. The van der Waals surface area contributed by atoms with Crippen LogP contribution in [0.5, 0.6) is 0 Å². The second-order valence-electron chi connectivity index (χ2n) is 3.42. The first kappa shape index (κ1) is 15.5. The Labute approximate surface area is 119 Å². The van der Waals surface area contributed by atoms with Gasteiger partial charge in [0.2, 0.25) is 0 Å². The normalized spacial score (nSPS) is 10.9. The van der Waals surface area contributed by atoms with E-state index >= 15 is 0 Å². The lowest BCUT2D eigenvalue weighted by Gasteiger charge is -2.11. The van der Waals surface area contributed by atoms with Crippen LogP contribution in [0.15, 0.2) is 18.2 Å². The predicted molar refractivity (Wildman–Crippen MR) is 69.2 cm³/mol. The van der Waals surface area contributed by atoms with Gasteiger partial charge in [-0.1, -0.05) is 0 Å². The molecule has 104 valence electrons. The van der Waals surface area contributed by atoms with E-state index in [1.807, 2.05) is 22.6 Å². The van der Waals surface area contributed by atoms with Gasteiger partial charge in [-0.15, -0.1) is 0 Å². The molecule has 9 heteroatoms. The third-order valence-electron chi connectivity index (χ3n) is 1.91. The number of benzene rings is 1. The molecule has 0 aliphatic heterocycles. The summed E-state index contributed by atoms with van der Waals surface area (Å²) in [5, 5.41) is 12.5. The van der Waals surface area contributed by atoms with Crippen LogP contribution in [0.1, 0.15) is 10.4 Å². The third-order valence-corrected chi connectivity index (χ3v) is 2.58. The van der Waals surface area contributed by atoms with Gasteiger partial charge in [0.1, 0.15) is 6.54 Å². The van der Waals surface area contributed by atoms with Crippen LogP contribution in [0.4, 0.5) is 23.7 Å². The molecule has 0 fully saturated rings. The Balaban J connectivity index is 2.77. The quantitative estimate of drug-likeness (QED) is 0.697. The second kappa shape index (κ2) is 6.08. The summed E-state index contributed by atoms with van der Waals surface area (Å²) < 4.78 is 36.3. The van der Waals surface area contributed by atoms with Gasteiger partial charge in [-0.2, -0.15) is 13.2 Å². The minimum Gasteiger partial charge on any atom is -0.478 e. The maximum atomic E-state index is 11.9. The van der Waals surface area contributed by atoms with E-state index in [1.54, 1.807) is 5.32 Å². The van der Waals surface area contributed by atoms with Crippen molar-refractivity contribution in [3.63, 3.8) is 0 Å². The molecule has 0 saturated carbocycles. The summed E-state index contributed by atoms with van der Waals surface area (Å²) in [5.74, 6) is -1.29. The van der Waals surface area contributed by atoms with Gasteiger partial charge in [0, 0.05) is 3.57 Å². The van der Waals surface area contributed by atoms with Crippen molar-refractivity contribution >= 4 is 40.3 Å². The van der Waals surface area contributed by atoms with E-state index in [4.69, 9.17) is 5.11 Å². The monoisotopic (exact) mass is 388 g/mol. The van der Waals surface area contributed by atoms with Gasteiger partial charge in [0.15, 0.2) is 0 Å². The maximum absolute atomic E-state index is 11.9. The van der Waals surface area contributed by atoms with E-state index in [1.165, 1.54) is 18.2 Å².